The molecule has 5 nitrogen and oxygen atoms in total. The predicted octanol–water partition coefficient (Wildman–Crippen LogP) is 0.817. The molecule has 1 aromatic carbocycles. The van der Waals surface area contributed by atoms with Gasteiger partial charge in [0, 0.05) is 18.6 Å². The Balaban J connectivity index is 2.07. The van der Waals surface area contributed by atoms with Crippen LogP contribution in [0.2, 0.25) is 0 Å². The molecule has 3 atom stereocenters. The van der Waals surface area contributed by atoms with Crippen LogP contribution in [0, 0.1) is 0 Å². The van der Waals surface area contributed by atoms with Crippen LogP contribution >= 0.6 is 0 Å². The van der Waals surface area contributed by atoms with Gasteiger partial charge in [-0.3, -0.25) is 4.90 Å². The van der Waals surface area contributed by atoms with E-state index in [1.807, 2.05) is 18.2 Å². The zero-order valence-corrected chi connectivity index (χ0v) is 14.1. The van der Waals surface area contributed by atoms with E-state index in [0.717, 1.165) is 13.1 Å². The molecule has 1 heterocycles. The number of aliphatic hydroxyl groups excluding tert-OH is 1. The highest BCUT2D eigenvalue weighted by Crippen LogP contribution is 2.21. The lowest BCUT2D eigenvalue weighted by Gasteiger charge is -2.31. The van der Waals surface area contributed by atoms with E-state index >= 15 is 0 Å². The number of likely N-dealkylation sites (N-methyl/N-ethyl adjacent to an activating group) is 1. The molecular formula is C16H26N2O3S. The first kappa shape index (κ1) is 17.4. The molecule has 0 saturated carbocycles. The summed E-state index contributed by atoms with van der Waals surface area (Å²) in [5.74, 6) is -0.111. The summed E-state index contributed by atoms with van der Waals surface area (Å²) >= 11 is 0. The lowest BCUT2D eigenvalue weighted by Crippen LogP contribution is -2.44. The molecule has 2 N–H and O–H groups in total. The second-order valence-electron chi connectivity index (χ2n) is 5.81. The molecule has 0 aliphatic carbocycles. The van der Waals surface area contributed by atoms with Crippen LogP contribution in [0.1, 0.15) is 25.5 Å². The monoisotopic (exact) mass is 326 g/mol. The first-order valence-electron chi connectivity index (χ1n) is 7.87. The van der Waals surface area contributed by atoms with Gasteiger partial charge in [0.15, 0.2) is 9.84 Å². The van der Waals surface area contributed by atoms with Crippen molar-refractivity contribution in [2.24, 2.45) is 0 Å². The molecule has 124 valence electrons. The predicted molar refractivity (Wildman–Crippen MR) is 88.6 cm³/mol. The highest BCUT2D eigenvalue weighted by Gasteiger charge is 2.36. The van der Waals surface area contributed by atoms with Crippen LogP contribution in [-0.4, -0.2) is 61.7 Å². The Morgan fingerprint density at radius 3 is 2.36 bits per heavy atom. The van der Waals surface area contributed by atoms with Gasteiger partial charge in [0.05, 0.1) is 17.6 Å². The Labute approximate surface area is 133 Å². The lowest BCUT2D eigenvalue weighted by molar-refractivity contribution is 0.151. The largest absolute Gasteiger partial charge is 0.390 e. The van der Waals surface area contributed by atoms with Gasteiger partial charge in [0.2, 0.25) is 0 Å². The molecule has 22 heavy (non-hydrogen) atoms. The van der Waals surface area contributed by atoms with Crippen molar-refractivity contribution in [2.75, 3.05) is 31.1 Å². The number of aliphatic hydroxyl groups is 1. The van der Waals surface area contributed by atoms with E-state index in [2.05, 4.69) is 36.2 Å². The summed E-state index contributed by atoms with van der Waals surface area (Å²) in [6.45, 7) is 6.71. The highest BCUT2D eigenvalue weighted by atomic mass is 32.2. The van der Waals surface area contributed by atoms with Crippen LogP contribution in [0.5, 0.6) is 0 Å². The van der Waals surface area contributed by atoms with Gasteiger partial charge in [-0.05, 0) is 18.7 Å². The summed E-state index contributed by atoms with van der Waals surface area (Å²) in [6.07, 6.45) is -0.807. The van der Waals surface area contributed by atoms with Crippen LogP contribution in [0.25, 0.3) is 0 Å². The maximum atomic E-state index is 11.6. The molecule has 1 saturated heterocycles. The summed E-state index contributed by atoms with van der Waals surface area (Å²) in [7, 11) is -3.11. The Morgan fingerprint density at radius 2 is 1.86 bits per heavy atom. The van der Waals surface area contributed by atoms with Gasteiger partial charge in [-0.2, -0.15) is 0 Å². The molecule has 6 heteroatoms. The van der Waals surface area contributed by atoms with Gasteiger partial charge in [-0.15, -0.1) is 0 Å². The molecule has 0 unspecified atom stereocenters. The Kier molecular flexibility index (Phi) is 5.97. The fourth-order valence-corrected chi connectivity index (χ4v) is 4.86. The molecule has 0 spiro atoms. The first-order chi connectivity index (χ1) is 10.5. The van der Waals surface area contributed by atoms with Crippen molar-refractivity contribution in [2.45, 2.75) is 32.0 Å². The fourth-order valence-electron chi connectivity index (χ4n) is 3.08. The van der Waals surface area contributed by atoms with Crippen molar-refractivity contribution in [3.8, 4) is 0 Å². The van der Waals surface area contributed by atoms with Crippen molar-refractivity contribution >= 4 is 9.84 Å². The third kappa shape index (κ3) is 4.29. The van der Waals surface area contributed by atoms with Gasteiger partial charge in [-0.25, -0.2) is 8.42 Å². The molecule has 1 fully saturated rings. The molecular weight excluding hydrogens is 300 g/mol. The van der Waals surface area contributed by atoms with Gasteiger partial charge < -0.3 is 10.4 Å². The summed E-state index contributed by atoms with van der Waals surface area (Å²) in [6, 6.07) is 10.0. The minimum absolute atomic E-state index is 0.0218. The quantitative estimate of drug-likeness (QED) is 0.776. The first-order valence-corrected chi connectivity index (χ1v) is 9.69. The third-order valence-electron chi connectivity index (χ3n) is 4.33. The zero-order valence-electron chi connectivity index (χ0n) is 13.3. The second-order valence-corrected chi connectivity index (χ2v) is 7.96. The molecule has 0 radical (unpaired) electrons. The minimum Gasteiger partial charge on any atom is -0.390 e. The Bertz CT molecular complexity index is 558. The number of benzene rings is 1. The zero-order chi connectivity index (χ0) is 16.2. The number of nitrogens with zero attached hydrogens (tertiary/aromatic N) is 1. The summed E-state index contributed by atoms with van der Waals surface area (Å²) < 4.78 is 23.2. The van der Waals surface area contributed by atoms with Crippen LogP contribution in [0.3, 0.4) is 0 Å². The number of sulfone groups is 1. The van der Waals surface area contributed by atoms with E-state index < -0.39 is 15.9 Å². The molecule has 0 aromatic heterocycles. The average molecular weight is 326 g/mol. The van der Waals surface area contributed by atoms with Crippen molar-refractivity contribution in [3.05, 3.63) is 35.9 Å². The van der Waals surface area contributed by atoms with Crippen molar-refractivity contribution in [3.63, 3.8) is 0 Å². The lowest BCUT2D eigenvalue weighted by atomic mass is 10.0. The maximum Gasteiger partial charge on any atom is 0.154 e. The van der Waals surface area contributed by atoms with E-state index in [-0.39, 0.29) is 23.6 Å². The average Bonchev–Trinajstić information content (AvgIpc) is 2.76. The number of rotatable bonds is 7. The highest BCUT2D eigenvalue weighted by molar-refractivity contribution is 7.91. The summed E-state index contributed by atoms with van der Waals surface area (Å²) in [5, 5.41) is 13.2. The molecule has 1 aliphatic rings. The van der Waals surface area contributed by atoms with Crippen molar-refractivity contribution in [1.29, 1.82) is 0 Å². The van der Waals surface area contributed by atoms with Crippen LogP contribution < -0.4 is 5.32 Å². The summed E-state index contributed by atoms with van der Waals surface area (Å²) in [4.78, 5) is 2.33. The number of nitrogens with one attached hydrogen (secondary N) is 1. The number of hydrogen-bond acceptors (Lipinski definition) is 5. The molecule has 1 aliphatic heterocycles. The fraction of sp³-hybridized carbons (Fsp3) is 0.625. The maximum absolute atomic E-state index is 11.6. The van der Waals surface area contributed by atoms with Gasteiger partial charge in [0.1, 0.15) is 0 Å². The van der Waals surface area contributed by atoms with Crippen LogP contribution in [0.15, 0.2) is 30.3 Å². The Hall–Kier alpha value is -0.950. The van der Waals surface area contributed by atoms with E-state index in [9.17, 15) is 13.5 Å². The number of hydrogen-bond donors (Lipinski definition) is 2. The van der Waals surface area contributed by atoms with Gasteiger partial charge in [0.25, 0.3) is 0 Å². The Morgan fingerprint density at radius 1 is 1.23 bits per heavy atom. The van der Waals surface area contributed by atoms with Crippen LogP contribution in [-0.2, 0) is 9.84 Å². The molecule has 1 aromatic rings. The topological polar surface area (TPSA) is 69.6 Å². The summed E-state index contributed by atoms with van der Waals surface area (Å²) in [5.41, 5.74) is 1.20. The van der Waals surface area contributed by atoms with E-state index in [1.54, 1.807) is 0 Å². The van der Waals surface area contributed by atoms with E-state index in [0.29, 0.717) is 6.54 Å². The minimum atomic E-state index is -3.11. The standard InChI is InChI=1S/C16H26N2O3S/c1-3-18(4-2)15(13-8-6-5-7-9-13)10-17-14-11-22(20,21)12-16(14)19/h5-9,14-17,19H,3-4,10-12H2,1-2H3/t14-,15+,16-/m0/s1. The van der Waals surface area contributed by atoms with Gasteiger partial charge in [-0.1, -0.05) is 44.2 Å². The normalized spacial score (nSPS) is 25.5. The second kappa shape index (κ2) is 7.55. The molecule has 0 amide bonds. The smallest absolute Gasteiger partial charge is 0.154 e. The molecule has 0 bridgehead atoms. The third-order valence-corrected chi connectivity index (χ3v) is 6.05. The molecule has 2 rings (SSSR count). The van der Waals surface area contributed by atoms with Crippen molar-refractivity contribution in [1.82, 2.24) is 10.2 Å². The SMILES string of the molecule is CCN(CC)[C@H](CN[C@H]1CS(=O)(=O)C[C@@H]1O)c1ccccc1. The van der Waals surface area contributed by atoms with Crippen molar-refractivity contribution < 1.29 is 13.5 Å². The van der Waals surface area contributed by atoms with E-state index in [4.69, 9.17) is 0 Å². The van der Waals surface area contributed by atoms with Gasteiger partial charge >= 0.3 is 0 Å². The van der Waals surface area contributed by atoms with Crippen LogP contribution in [0.4, 0.5) is 0 Å². The van der Waals surface area contributed by atoms with E-state index in [1.165, 1.54) is 5.56 Å².